The van der Waals surface area contributed by atoms with Crippen molar-refractivity contribution >= 4 is 10.8 Å². The number of hydrogen-bond acceptors (Lipinski definition) is 1. The highest BCUT2D eigenvalue weighted by atomic mass is 16.3. The van der Waals surface area contributed by atoms with Gasteiger partial charge < -0.3 is 5.11 Å². The summed E-state index contributed by atoms with van der Waals surface area (Å²) in [6.07, 6.45) is 0. The van der Waals surface area contributed by atoms with Crippen LogP contribution in [0, 0.1) is 26.0 Å². The van der Waals surface area contributed by atoms with E-state index in [0.717, 1.165) is 21.9 Å². The van der Waals surface area contributed by atoms with Crippen LogP contribution < -0.4 is 0 Å². The standard InChI is InChI=1S/C12H10O.H2/c1-8-4-3-5-11-10(8)7-6-9(2)12(11)13;/h4,6-7,13H,1-2H3;1H. The van der Waals surface area contributed by atoms with E-state index in [4.69, 9.17) is 0 Å². The van der Waals surface area contributed by atoms with E-state index in [1.807, 2.05) is 32.0 Å². The van der Waals surface area contributed by atoms with Gasteiger partial charge in [-0.15, -0.1) is 0 Å². The molecule has 1 heteroatoms. The number of benzene rings is 1. The SMILES string of the molecule is Cc1ccc2c(C)cc#cc2c1O.[HH]. The first-order valence-electron chi connectivity index (χ1n) is 4.21. The second kappa shape index (κ2) is 2.67. The molecule has 0 heterocycles. The Morgan fingerprint density at radius 2 is 2.00 bits per heavy atom. The van der Waals surface area contributed by atoms with Crippen molar-refractivity contribution in [2.24, 2.45) is 0 Å². The van der Waals surface area contributed by atoms with Crippen molar-refractivity contribution in [1.82, 2.24) is 0 Å². The van der Waals surface area contributed by atoms with Gasteiger partial charge in [0.25, 0.3) is 0 Å². The summed E-state index contributed by atoms with van der Waals surface area (Å²) in [5.74, 6) is 0.317. The molecular weight excluding hydrogens is 160 g/mol. The van der Waals surface area contributed by atoms with Crippen molar-refractivity contribution in [3.8, 4) is 5.75 Å². The van der Waals surface area contributed by atoms with Gasteiger partial charge in [0.05, 0.1) is 5.39 Å². The predicted molar refractivity (Wildman–Crippen MR) is 54.9 cm³/mol. The summed E-state index contributed by atoms with van der Waals surface area (Å²) in [6, 6.07) is 11.6. The zero-order valence-electron chi connectivity index (χ0n) is 7.68. The highest BCUT2D eigenvalue weighted by Gasteiger charge is 2.03. The monoisotopic (exact) mass is 172 g/mol. The minimum absolute atomic E-state index is 0. The van der Waals surface area contributed by atoms with E-state index in [1.54, 1.807) is 0 Å². The number of aromatic hydroxyl groups is 1. The second-order valence-electron chi connectivity index (χ2n) is 3.25. The average molecular weight is 172 g/mol. The molecule has 0 fully saturated rings. The maximum atomic E-state index is 9.73. The Labute approximate surface area is 79.1 Å². The van der Waals surface area contributed by atoms with Gasteiger partial charge in [-0.05, 0) is 36.4 Å². The molecule has 2 aromatic rings. The van der Waals surface area contributed by atoms with Crippen LogP contribution in [0.2, 0.25) is 0 Å². The number of phenols is 1. The molecule has 0 aromatic heterocycles. The van der Waals surface area contributed by atoms with Crippen LogP contribution in [0.3, 0.4) is 0 Å². The summed E-state index contributed by atoms with van der Waals surface area (Å²) < 4.78 is 0. The summed E-state index contributed by atoms with van der Waals surface area (Å²) in [7, 11) is 0. The summed E-state index contributed by atoms with van der Waals surface area (Å²) in [6.45, 7) is 3.88. The van der Waals surface area contributed by atoms with Gasteiger partial charge in [-0.25, -0.2) is 0 Å². The molecule has 66 valence electrons. The Morgan fingerprint density at radius 3 is 2.77 bits per heavy atom. The number of phenolic OH excluding ortho intramolecular Hbond substituents is 1. The van der Waals surface area contributed by atoms with E-state index in [9.17, 15) is 5.11 Å². The third kappa shape index (κ3) is 1.11. The molecule has 1 nitrogen and oxygen atoms in total. The number of fused-ring (bicyclic) bond motifs is 1. The summed E-state index contributed by atoms with van der Waals surface area (Å²) in [5.41, 5.74) is 1.99. The number of hydrogen-bond donors (Lipinski definition) is 1. The van der Waals surface area contributed by atoms with Crippen LogP contribution in [-0.2, 0) is 0 Å². The molecule has 1 N–H and O–H groups in total. The molecule has 0 aliphatic rings. The van der Waals surface area contributed by atoms with Gasteiger partial charge in [-0.3, -0.25) is 0 Å². The quantitative estimate of drug-likeness (QED) is 0.647. The van der Waals surface area contributed by atoms with Gasteiger partial charge in [-0.2, -0.15) is 0 Å². The van der Waals surface area contributed by atoms with E-state index in [-0.39, 0.29) is 1.43 Å². The lowest BCUT2D eigenvalue weighted by Crippen LogP contribution is -1.80. The molecule has 2 rings (SSSR count). The van der Waals surface area contributed by atoms with E-state index >= 15 is 0 Å². The topological polar surface area (TPSA) is 20.2 Å². The highest BCUT2D eigenvalue weighted by molar-refractivity contribution is 5.90. The van der Waals surface area contributed by atoms with Crippen LogP contribution in [0.15, 0.2) is 18.2 Å². The smallest absolute Gasteiger partial charge is 0.134 e. The van der Waals surface area contributed by atoms with Crippen LogP contribution in [0.1, 0.15) is 12.6 Å². The first-order valence-corrected chi connectivity index (χ1v) is 4.21. The van der Waals surface area contributed by atoms with Crippen LogP contribution in [0.4, 0.5) is 0 Å². The third-order valence-electron chi connectivity index (χ3n) is 2.29. The lowest BCUT2D eigenvalue weighted by molar-refractivity contribution is 0.477. The predicted octanol–water partition coefficient (Wildman–Crippen LogP) is 3.01. The normalized spacial score (nSPS) is 10.0. The zero-order valence-corrected chi connectivity index (χ0v) is 7.68. The summed E-state index contributed by atoms with van der Waals surface area (Å²) in [5, 5.41) is 11.5. The molecule has 0 saturated heterocycles. The number of aryl methyl sites for hydroxylation is 2. The molecule has 0 unspecified atom stereocenters. The highest BCUT2D eigenvalue weighted by Crippen LogP contribution is 2.27. The molecule has 0 aliphatic heterocycles. The molecule has 0 saturated carbocycles. The fourth-order valence-electron chi connectivity index (χ4n) is 1.44. The minimum atomic E-state index is 0. The maximum absolute atomic E-state index is 9.73. The lowest BCUT2D eigenvalue weighted by atomic mass is 10.0. The van der Waals surface area contributed by atoms with Crippen molar-refractivity contribution in [3.05, 3.63) is 41.5 Å². The summed E-state index contributed by atoms with van der Waals surface area (Å²) in [4.78, 5) is 0. The van der Waals surface area contributed by atoms with Gasteiger partial charge in [0.2, 0.25) is 0 Å². The molecular formula is C12H12O. The first-order chi connectivity index (χ1) is 6.20. The Bertz CT molecular complexity index is 463. The van der Waals surface area contributed by atoms with Crippen LogP contribution in [0.5, 0.6) is 5.75 Å². The zero-order chi connectivity index (χ0) is 9.42. The molecule has 0 spiro atoms. The van der Waals surface area contributed by atoms with E-state index in [2.05, 4.69) is 12.1 Å². The molecule has 0 atom stereocenters. The van der Waals surface area contributed by atoms with Gasteiger partial charge in [0.15, 0.2) is 0 Å². The van der Waals surface area contributed by atoms with Gasteiger partial charge >= 0.3 is 0 Å². The van der Waals surface area contributed by atoms with Crippen LogP contribution in [0.25, 0.3) is 10.8 Å². The van der Waals surface area contributed by atoms with E-state index in [1.165, 1.54) is 0 Å². The molecule has 13 heavy (non-hydrogen) atoms. The molecule has 2 aromatic carbocycles. The Balaban J connectivity index is 0.000000980. The van der Waals surface area contributed by atoms with Gasteiger partial charge in [-0.1, -0.05) is 24.3 Å². The van der Waals surface area contributed by atoms with Crippen molar-refractivity contribution in [3.63, 3.8) is 0 Å². The van der Waals surface area contributed by atoms with Crippen LogP contribution in [-0.4, -0.2) is 5.11 Å². The van der Waals surface area contributed by atoms with E-state index < -0.39 is 0 Å². The largest absolute Gasteiger partial charge is 0.506 e. The third-order valence-corrected chi connectivity index (χ3v) is 2.29. The first kappa shape index (κ1) is 7.94. The van der Waals surface area contributed by atoms with Crippen molar-refractivity contribution in [2.75, 3.05) is 0 Å². The summed E-state index contributed by atoms with van der Waals surface area (Å²) >= 11 is 0. The average Bonchev–Trinajstić information content (AvgIpc) is 2.12. The van der Waals surface area contributed by atoms with Crippen molar-refractivity contribution < 1.29 is 6.53 Å². The van der Waals surface area contributed by atoms with E-state index in [0.29, 0.717) is 5.75 Å². The fourth-order valence-corrected chi connectivity index (χ4v) is 1.44. The minimum Gasteiger partial charge on any atom is -0.506 e. The lowest BCUT2D eigenvalue weighted by Gasteiger charge is -2.03. The Kier molecular flexibility index (Phi) is 1.63. The molecule has 0 radical (unpaired) electrons. The van der Waals surface area contributed by atoms with Crippen molar-refractivity contribution in [1.29, 1.82) is 0 Å². The maximum Gasteiger partial charge on any atom is 0.134 e. The van der Waals surface area contributed by atoms with Crippen molar-refractivity contribution in [2.45, 2.75) is 13.8 Å². The Morgan fingerprint density at radius 1 is 1.23 bits per heavy atom. The molecule has 0 aliphatic carbocycles. The number of rotatable bonds is 0. The van der Waals surface area contributed by atoms with Crippen LogP contribution >= 0.6 is 0 Å². The molecule has 0 bridgehead atoms. The van der Waals surface area contributed by atoms with Gasteiger partial charge in [0.1, 0.15) is 5.75 Å². The fraction of sp³-hybridized carbons (Fsp3) is 0.167. The Hall–Kier alpha value is -1.68. The van der Waals surface area contributed by atoms with Gasteiger partial charge in [0, 0.05) is 1.43 Å². The molecule has 0 amide bonds. The second-order valence-corrected chi connectivity index (χ2v) is 3.25.